The number of aliphatic hydroxyl groups is 2. The number of aliphatic hydroxyl groups excluding tert-OH is 2. The molecule has 228 valence electrons. The highest BCUT2D eigenvalue weighted by atomic mass is 16.6. The van der Waals surface area contributed by atoms with Crippen LogP contribution in [0, 0.1) is 5.92 Å². The van der Waals surface area contributed by atoms with Gasteiger partial charge in [-0.1, -0.05) is 6.07 Å². The molecule has 0 spiro atoms. The monoisotopic (exact) mass is 570 g/mol. The van der Waals surface area contributed by atoms with Gasteiger partial charge in [-0.2, -0.15) is 0 Å². The molecule has 4 aliphatic heterocycles. The highest BCUT2D eigenvalue weighted by molar-refractivity contribution is 5.75. The number of ether oxygens (including phenoxy) is 1. The number of rotatable bonds is 9. The molecule has 8 atom stereocenters. The Morgan fingerprint density at radius 3 is 2.59 bits per heavy atom. The van der Waals surface area contributed by atoms with Gasteiger partial charge in [0.1, 0.15) is 24.5 Å². The molecular weight excluding hydrogens is 520 g/mol. The molecule has 0 bridgehead atoms. The summed E-state index contributed by atoms with van der Waals surface area (Å²) in [4.78, 5) is 6.78. The maximum absolute atomic E-state index is 11.1. The molecule has 0 aromatic heterocycles. The first-order valence-electron chi connectivity index (χ1n) is 15.9. The molecule has 0 amide bonds. The first kappa shape index (κ1) is 28.2. The number of nitrogens with one attached hydrogen (secondary N) is 4. The second-order valence-electron chi connectivity index (χ2n) is 13.8. The van der Waals surface area contributed by atoms with Gasteiger partial charge in [-0.05, 0) is 89.0 Å². The number of hydrogen-bond donors (Lipinski definition) is 7. The van der Waals surface area contributed by atoms with Crippen LogP contribution in [0.5, 0.6) is 0 Å². The number of likely N-dealkylation sites (N-methyl/N-ethyl adjacent to an activating group) is 1. The Morgan fingerprint density at radius 2 is 1.83 bits per heavy atom. The summed E-state index contributed by atoms with van der Waals surface area (Å²) < 4.78 is 6.44. The van der Waals surface area contributed by atoms with Crippen LogP contribution in [-0.4, -0.2) is 113 Å². The number of anilines is 2. The van der Waals surface area contributed by atoms with Gasteiger partial charge in [-0.15, -0.1) is 0 Å². The average molecular weight is 571 g/mol. The van der Waals surface area contributed by atoms with E-state index < -0.39 is 24.5 Å². The van der Waals surface area contributed by atoms with E-state index in [1.54, 1.807) is 0 Å². The molecule has 7 rings (SSSR count). The van der Waals surface area contributed by atoms with Crippen molar-refractivity contribution >= 4 is 11.4 Å². The van der Waals surface area contributed by atoms with Crippen molar-refractivity contribution in [3.8, 4) is 0 Å². The molecule has 1 aromatic rings. The summed E-state index contributed by atoms with van der Waals surface area (Å²) in [5, 5.41) is 36.3. The smallest absolute Gasteiger partial charge is 0.142 e. The van der Waals surface area contributed by atoms with E-state index >= 15 is 0 Å². The minimum Gasteiger partial charge on any atom is -0.387 e. The first-order chi connectivity index (χ1) is 19.8. The molecule has 0 radical (unpaired) electrons. The maximum Gasteiger partial charge on any atom is 0.142 e. The van der Waals surface area contributed by atoms with Crippen LogP contribution < -0.4 is 27.0 Å². The van der Waals surface area contributed by atoms with Crippen LogP contribution in [0.2, 0.25) is 0 Å². The van der Waals surface area contributed by atoms with E-state index in [4.69, 9.17) is 10.5 Å². The lowest BCUT2D eigenvalue weighted by atomic mass is 9.76. The zero-order chi connectivity index (χ0) is 28.4. The second kappa shape index (κ2) is 11.2. The van der Waals surface area contributed by atoms with Crippen molar-refractivity contribution in [2.45, 2.75) is 119 Å². The van der Waals surface area contributed by atoms with Gasteiger partial charge in [-0.25, -0.2) is 4.90 Å². The zero-order valence-corrected chi connectivity index (χ0v) is 24.7. The standard InChI is InChI=1S/C30H50N8O3/c1-16(2)37(13-23-26(39)27(40)30(41-23)38-15-32-25-28(31)33-14-36(3)29(25)38)20-10-17(11-20)4-9-24-34-21-8-7-19(18-5-6-18)12-22(21)35-24/h7-8,12,16-18,20,23-30,32-35,39-40H,4-6,9-11,13-15,31H2,1-3H3/t17?,20?,23-,24?,25?,26-,27-,28?,29?,30-/m1/s1. The summed E-state index contributed by atoms with van der Waals surface area (Å²) >= 11 is 0. The second-order valence-corrected chi connectivity index (χ2v) is 13.8. The normalized spacial score (nSPS) is 40.9. The molecule has 1 aromatic carbocycles. The molecule has 11 nitrogen and oxygen atoms in total. The Labute approximate surface area is 244 Å². The lowest BCUT2D eigenvalue weighted by Crippen LogP contribution is -2.68. The van der Waals surface area contributed by atoms with Crippen molar-refractivity contribution in [1.29, 1.82) is 0 Å². The van der Waals surface area contributed by atoms with E-state index in [2.05, 4.69) is 68.0 Å². The van der Waals surface area contributed by atoms with Crippen LogP contribution in [0.1, 0.15) is 63.9 Å². The third-order valence-electron chi connectivity index (χ3n) is 10.6. The molecule has 8 N–H and O–H groups in total. The van der Waals surface area contributed by atoms with Crippen molar-refractivity contribution in [1.82, 2.24) is 25.3 Å². The van der Waals surface area contributed by atoms with Gasteiger partial charge < -0.3 is 31.3 Å². The molecule has 6 aliphatic rings. The van der Waals surface area contributed by atoms with Gasteiger partial charge in [-0.3, -0.25) is 20.4 Å². The van der Waals surface area contributed by atoms with E-state index in [0.717, 1.165) is 18.3 Å². The van der Waals surface area contributed by atoms with Crippen LogP contribution in [0.15, 0.2) is 18.2 Å². The first-order valence-corrected chi connectivity index (χ1v) is 15.9. The summed E-state index contributed by atoms with van der Waals surface area (Å²) in [6, 6.07) is 7.74. The fraction of sp³-hybridized carbons (Fsp3) is 0.800. The van der Waals surface area contributed by atoms with Gasteiger partial charge >= 0.3 is 0 Å². The summed E-state index contributed by atoms with van der Waals surface area (Å²) in [6.45, 7) is 6.30. The SMILES string of the molecule is CC(C)N(C[C@H]1O[C@@H](N2CNC3C(N)NCN(C)C32)[C@H](O)[C@@H]1O)C1CC(CCC2Nc3ccc(C4CC4)cc3N2)C1. The van der Waals surface area contributed by atoms with Crippen LogP contribution >= 0.6 is 0 Å². The summed E-state index contributed by atoms with van der Waals surface area (Å²) in [5.74, 6) is 1.50. The Morgan fingerprint density at radius 1 is 1.05 bits per heavy atom. The lowest BCUT2D eigenvalue weighted by molar-refractivity contribution is -0.130. The van der Waals surface area contributed by atoms with Gasteiger partial charge in [0.05, 0.1) is 49.3 Å². The minimum atomic E-state index is -0.959. The lowest BCUT2D eigenvalue weighted by Gasteiger charge is -2.46. The molecule has 5 fully saturated rings. The van der Waals surface area contributed by atoms with Crippen LogP contribution in [0.3, 0.4) is 0 Å². The average Bonchev–Trinajstić information content (AvgIpc) is 3.44. The number of benzene rings is 1. The Balaban J connectivity index is 0.903. The van der Waals surface area contributed by atoms with Crippen molar-refractivity contribution < 1.29 is 14.9 Å². The molecule has 11 heteroatoms. The number of nitrogens with two attached hydrogens (primary N) is 1. The summed E-state index contributed by atoms with van der Waals surface area (Å²) in [5.41, 5.74) is 10.3. The largest absolute Gasteiger partial charge is 0.387 e. The fourth-order valence-corrected chi connectivity index (χ4v) is 7.95. The van der Waals surface area contributed by atoms with E-state index in [9.17, 15) is 10.2 Å². The van der Waals surface area contributed by atoms with Crippen LogP contribution in [0.4, 0.5) is 11.4 Å². The molecule has 2 saturated carbocycles. The van der Waals surface area contributed by atoms with Crippen molar-refractivity contribution in [3.05, 3.63) is 23.8 Å². The Bertz CT molecular complexity index is 1080. The maximum atomic E-state index is 11.1. The Kier molecular flexibility index (Phi) is 7.71. The predicted molar refractivity (Wildman–Crippen MR) is 159 cm³/mol. The zero-order valence-electron chi connectivity index (χ0n) is 24.7. The van der Waals surface area contributed by atoms with Gasteiger partial charge in [0.2, 0.25) is 0 Å². The Hall–Kier alpha value is -1.54. The number of hydrogen-bond acceptors (Lipinski definition) is 11. The van der Waals surface area contributed by atoms with Crippen LogP contribution in [-0.2, 0) is 4.74 Å². The molecular formula is C30H50N8O3. The topological polar surface area (TPSA) is 134 Å². The van der Waals surface area contributed by atoms with E-state index in [0.29, 0.717) is 38.1 Å². The minimum absolute atomic E-state index is 0.00216. The van der Waals surface area contributed by atoms with Crippen molar-refractivity contribution in [3.63, 3.8) is 0 Å². The molecule has 4 heterocycles. The quantitative estimate of drug-likeness (QED) is 0.227. The third kappa shape index (κ3) is 5.38. The third-order valence-corrected chi connectivity index (χ3v) is 10.6. The van der Waals surface area contributed by atoms with Crippen LogP contribution in [0.25, 0.3) is 0 Å². The van der Waals surface area contributed by atoms with Gasteiger partial charge in [0.25, 0.3) is 0 Å². The van der Waals surface area contributed by atoms with Gasteiger partial charge in [0.15, 0.2) is 0 Å². The highest BCUT2D eigenvalue weighted by Gasteiger charge is 2.53. The number of fused-ring (bicyclic) bond motifs is 2. The predicted octanol–water partition coefficient (Wildman–Crippen LogP) is 0.778. The molecule has 4 unspecified atom stereocenters. The van der Waals surface area contributed by atoms with E-state index in [1.807, 2.05) is 7.05 Å². The molecule has 3 saturated heterocycles. The summed E-state index contributed by atoms with van der Waals surface area (Å²) in [7, 11) is 2.04. The van der Waals surface area contributed by atoms with E-state index in [-0.39, 0.29) is 18.4 Å². The highest BCUT2D eigenvalue weighted by Crippen LogP contribution is 2.44. The van der Waals surface area contributed by atoms with Crippen molar-refractivity contribution in [2.75, 3.05) is 37.6 Å². The van der Waals surface area contributed by atoms with E-state index in [1.165, 1.54) is 49.0 Å². The van der Waals surface area contributed by atoms with Gasteiger partial charge in [0, 0.05) is 18.6 Å². The molecule has 41 heavy (non-hydrogen) atoms. The molecule has 2 aliphatic carbocycles. The number of nitrogens with zero attached hydrogens (tertiary/aromatic N) is 3. The fourth-order valence-electron chi connectivity index (χ4n) is 7.95. The summed E-state index contributed by atoms with van der Waals surface area (Å²) in [6.07, 6.45) is 4.61. The van der Waals surface area contributed by atoms with Crippen molar-refractivity contribution in [2.24, 2.45) is 11.7 Å².